The summed E-state index contributed by atoms with van der Waals surface area (Å²) in [6, 6.07) is -1.08. The number of Topliss-reactive ketones (excluding diaryl/α,β-unsaturated/α-hetero) is 2. The third-order valence-corrected chi connectivity index (χ3v) is 4.48. The van der Waals surface area contributed by atoms with E-state index in [0.29, 0.717) is 12.2 Å². The maximum absolute atomic E-state index is 12.1. The van der Waals surface area contributed by atoms with Crippen molar-refractivity contribution in [3.05, 3.63) is 0 Å². The van der Waals surface area contributed by atoms with Gasteiger partial charge in [0, 0.05) is 25.8 Å². The smallest absolute Gasteiger partial charge is 0.326 e. The highest BCUT2D eigenvalue weighted by Crippen LogP contribution is 2.43. The van der Waals surface area contributed by atoms with Crippen LogP contribution in [0.15, 0.2) is 0 Å². The van der Waals surface area contributed by atoms with Crippen molar-refractivity contribution in [1.82, 2.24) is 4.90 Å². The van der Waals surface area contributed by atoms with Crippen LogP contribution in [-0.2, 0) is 19.2 Å². The fourth-order valence-electron chi connectivity index (χ4n) is 3.03. The molecular weight excluding hydrogens is 282 g/mol. The van der Waals surface area contributed by atoms with Crippen molar-refractivity contribution in [2.75, 3.05) is 12.3 Å². The predicted octanol–water partition coefficient (Wildman–Crippen LogP) is 0.300. The Morgan fingerprint density at radius 2 is 1.90 bits per heavy atom. The van der Waals surface area contributed by atoms with E-state index < -0.39 is 17.4 Å². The lowest BCUT2D eigenvalue weighted by Crippen LogP contribution is -2.41. The molecule has 2 rings (SSSR count). The zero-order valence-electron chi connectivity index (χ0n) is 11.0. The molecule has 7 heteroatoms. The van der Waals surface area contributed by atoms with Gasteiger partial charge in [0.05, 0.1) is 0 Å². The van der Waals surface area contributed by atoms with Crippen molar-refractivity contribution in [2.24, 2.45) is 5.41 Å². The molecule has 1 heterocycles. The van der Waals surface area contributed by atoms with Crippen molar-refractivity contribution in [2.45, 2.75) is 38.1 Å². The molecule has 110 valence electrons. The quantitative estimate of drug-likeness (QED) is 0.575. The summed E-state index contributed by atoms with van der Waals surface area (Å²) < 4.78 is 0. The van der Waals surface area contributed by atoms with E-state index in [9.17, 15) is 24.3 Å². The van der Waals surface area contributed by atoms with E-state index in [1.807, 2.05) is 0 Å². The molecule has 1 spiro atoms. The van der Waals surface area contributed by atoms with E-state index in [1.54, 1.807) is 0 Å². The SMILES string of the molecule is O=C(O)[C@@H]1CC2(CN1C(=O)CCCS)C(=O)CCC2=O. The molecule has 0 aromatic rings. The first-order valence-electron chi connectivity index (χ1n) is 6.62. The standard InChI is InChI=1S/C13H17NO5S/c15-9-3-4-10(16)13(9)6-8(12(18)19)14(7-13)11(17)2-1-5-20/h8,20H,1-7H2,(H,18,19)/t8-/m0/s1. The van der Waals surface area contributed by atoms with Gasteiger partial charge in [-0.15, -0.1) is 0 Å². The van der Waals surface area contributed by atoms with Gasteiger partial charge >= 0.3 is 5.97 Å². The first-order chi connectivity index (χ1) is 9.42. The molecule has 0 unspecified atom stereocenters. The van der Waals surface area contributed by atoms with Crippen LogP contribution in [0.4, 0.5) is 0 Å². The number of nitrogens with zero attached hydrogens (tertiary/aromatic N) is 1. The molecule has 2 fully saturated rings. The largest absolute Gasteiger partial charge is 0.480 e. The number of hydrogen-bond donors (Lipinski definition) is 2. The first-order valence-corrected chi connectivity index (χ1v) is 7.25. The number of carbonyl (C=O) groups excluding carboxylic acids is 3. The lowest BCUT2D eigenvalue weighted by molar-refractivity contribution is -0.148. The van der Waals surface area contributed by atoms with Crippen LogP contribution in [0.3, 0.4) is 0 Å². The van der Waals surface area contributed by atoms with Gasteiger partial charge in [-0.1, -0.05) is 0 Å². The molecule has 0 bridgehead atoms. The van der Waals surface area contributed by atoms with Gasteiger partial charge in [0.15, 0.2) is 0 Å². The molecule has 1 aliphatic heterocycles. The maximum atomic E-state index is 12.1. The van der Waals surface area contributed by atoms with Crippen molar-refractivity contribution < 1.29 is 24.3 Å². The van der Waals surface area contributed by atoms with E-state index in [4.69, 9.17) is 0 Å². The van der Waals surface area contributed by atoms with Crippen molar-refractivity contribution >= 4 is 36.1 Å². The van der Waals surface area contributed by atoms with Crippen LogP contribution in [0.1, 0.15) is 32.1 Å². The third kappa shape index (κ3) is 2.34. The van der Waals surface area contributed by atoms with Gasteiger partial charge in [0.1, 0.15) is 23.0 Å². The molecule has 1 saturated carbocycles. The first kappa shape index (κ1) is 15.0. The topological polar surface area (TPSA) is 91.8 Å². The highest BCUT2D eigenvalue weighted by molar-refractivity contribution is 7.80. The number of ketones is 2. The monoisotopic (exact) mass is 299 g/mol. The second kappa shape index (κ2) is 5.55. The molecule has 2 aliphatic rings. The van der Waals surface area contributed by atoms with Crippen LogP contribution in [0.2, 0.25) is 0 Å². The summed E-state index contributed by atoms with van der Waals surface area (Å²) in [5.74, 6) is -1.40. The molecule has 1 N–H and O–H groups in total. The average Bonchev–Trinajstić information content (AvgIpc) is 2.94. The normalized spacial score (nSPS) is 24.6. The van der Waals surface area contributed by atoms with Crippen LogP contribution in [0.5, 0.6) is 0 Å². The van der Waals surface area contributed by atoms with Crippen molar-refractivity contribution in [3.8, 4) is 0 Å². The van der Waals surface area contributed by atoms with Gasteiger partial charge in [-0.05, 0) is 18.6 Å². The van der Waals surface area contributed by atoms with Crippen molar-refractivity contribution in [1.29, 1.82) is 0 Å². The van der Waals surface area contributed by atoms with E-state index in [0.717, 1.165) is 0 Å². The molecule has 0 aromatic heterocycles. The van der Waals surface area contributed by atoms with Gasteiger partial charge in [-0.3, -0.25) is 14.4 Å². The van der Waals surface area contributed by atoms with E-state index in [2.05, 4.69) is 12.6 Å². The summed E-state index contributed by atoms with van der Waals surface area (Å²) >= 11 is 4.02. The number of thiol groups is 1. The fraction of sp³-hybridized carbons (Fsp3) is 0.692. The Morgan fingerprint density at radius 3 is 2.40 bits per heavy atom. The van der Waals surface area contributed by atoms with Crippen LogP contribution >= 0.6 is 12.6 Å². The molecule has 20 heavy (non-hydrogen) atoms. The van der Waals surface area contributed by atoms with Gasteiger partial charge in [0.2, 0.25) is 5.91 Å². The maximum Gasteiger partial charge on any atom is 0.326 e. The molecule has 1 saturated heterocycles. The minimum atomic E-state index is -1.26. The molecule has 1 amide bonds. The van der Waals surface area contributed by atoms with Gasteiger partial charge in [-0.25, -0.2) is 4.79 Å². The molecule has 1 aliphatic carbocycles. The number of amides is 1. The Morgan fingerprint density at radius 1 is 1.30 bits per heavy atom. The van der Waals surface area contributed by atoms with Crippen LogP contribution in [0, 0.1) is 5.41 Å². The molecule has 0 radical (unpaired) electrons. The zero-order valence-corrected chi connectivity index (χ0v) is 11.9. The van der Waals surface area contributed by atoms with E-state index in [1.165, 1.54) is 4.90 Å². The number of hydrogen-bond acceptors (Lipinski definition) is 5. The van der Waals surface area contributed by atoms with Gasteiger partial charge in [-0.2, -0.15) is 12.6 Å². The third-order valence-electron chi connectivity index (χ3n) is 4.16. The van der Waals surface area contributed by atoms with Crippen molar-refractivity contribution in [3.63, 3.8) is 0 Å². The second-order valence-electron chi connectivity index (χ2n) is 5.34. The lowest BCUT2D eigenvalue weighted by Gasteiger charge is -2.22. The highest BCUT2D eigenvalue weighted by atomic mass is 32.1. The van der Waals surface area contributed by atoms with E-state index in [-0.39, 0.29) is 49.7 Å². The summed E-state index contributed by atoms with van der Waals surface area (Å²) in [5, 5.41) is 9.24. The summed E-state index contributed by atoms with van der Waals surface area (Å²) in [5.41, 5.74) is -1.26. The predicted molar refractivity (Wildman–Crippen MR) is 72.5 cm³/mol. The molecule has 6 nitrogen and oxygen atoms in total. The number of carboxylic acids is 1. The fourth-order valence-corrected chi connectivity index (χ4v) is 3.19. The minimum Gasteiger partial charge on any atom is -0.480 e. The number of carboxylic acid groups (broad SMARTS) is 1. The Hall–Kier alpha value is -1.37. The Labute approximate surface area is 121 Å². The molecular formula is C13H17NO5S. The Kier molecular flexibility index (Phi) is 4.17. The van der Waals surface area contributed by atoms with Crippen LogP contribution in [-0.4, -0.2) is 51.8 Å². The number of carbonyl (C=O) groups is 4. The number of likely N-dealkylation sites (tertiary alicyclic amines) is 1. The summed E-state index contributed by atoms with van der Waals surface area (Å²) in [6.07, 6.45) is 0.964. The highest BCUT2D eigenvalue weighted by Gasteiger charge is 2.59. The Bertz CT molecular complexity index is 459. The van der Waals surface area contributed by atoms with Crippen LogP contribution < -0.4 is 0 Å². The number of rotatable bonds is 4. The van der Waals surface area contributed by atoms with E-state index >= 15 is 0 Å². The summed E-state index contributed by atoms with van der Waals surface area (Å²) in [6.45, 7) is -0.0764. The Balaban J connectivity index is 2.23. The molecule has 0 aromatic carbocycles. The zero-order chi connectivity index (χ0) is 14.9. The average molecular weight is 299 g/mol. The minimum absolute atomic E-state index is 0.0764. The summed E-state index contributed by atoms with van der Waals surface area (Å²) in [7, 11) is 0. The van der Waals surface area contributed by atoms with Gasteiger partial charge in [0.25, 0.3) is 0 Å². The van der Waals surface area contributed by atoms with Gasteiger partial charge < -0.3 is 10.0 Å². The lowest BCUT2D eigenvalue weighted by atomic mass is 9.82. The second-order valence-corrected chi connectivity index (χ2v) is 5.78. The summed E-state index contributed by atoms with van der Waals surface area (Å²) in [4.78, 5) is 48.6. The van der Waals surface area contributed by atoms with Crippen LogP contribution in [0.25, 0.3) is 0 Å². The number of aliphatic carboxylic acids is 1. The molecule has 1 atom stereocenters.